The maximum atomic E-state index is 13.2. The second-order valence-corrected chi connectivity index (χ2v) is 10.8. The number of esters is 1. The number of carbonyl (C=O) groups excluding carboxylic acids is 3. The van der Waals surface area contributed by atoms with Crippen LogP contribution in [-0.4, -0.2) is 42.2 Å². The number of nitrogens with one attached hydrogen (secondary N) is 2. The van der Waals surface area contributed by atoms with Gasteiger partial charge in [0.1, 0.15) is 6.04 Å². The lowest BCUT2D eigenvalue weighted by Gasteiger charge is -2.24. The van der Waals surface area contributed by atoms with Crippen molar-refractivity contribution >= 4 is 75.6 Å². The summed E-state index contributed by atoms with van der Waals surface area (Å²) in [6, 6.07) is 15.5. The highest BCUT2D eigenvalue weighted by atomic mass is 35.5. The van der Waals surface area contributed by atoms with Crippen LogP contribution in [0.4, 0.5) is 5.69 Å². The van der Waals surface area contributed by atoms with Crippen molar-refractivity contribution < 1.29 is 24.0 Å². The molecule has 0 aromatic heterocycles. The number of oxime groups is 1. The molecular formula is C28H23Cl4N3O5. The van der Waals surface area contributed by atoms with Crippen LogP contribution in [0.25, 0.3) is 0 Å². The van der Waals surface area contributed by atoms with Gasteiger partial charge in [-0.1, -0.05) is 75.8 Å². The molecule has 4 rings (SSSR count). The quantitative estimate of drug-likeness (QED) is 0.285. The van der Waals surface area contributed by atoms with Crippen molar-refractivity contribution in [3.8, 4) is 0 Å². The summed E-state index contributed by atoms with van der Waals surface area (Å²) in [5, 5.41) is 10.7. The second kappa shape index (κ2) is 12.5. The van der Waals surface area contributed by atoms with Gasteiger partial charge < -0.3 is 20.2 Å². The van der Waals surface area contributed by atoms with Crippen LogP contribution in [0, 0.1) is 0 Å². The highest BCUT2D eigenvalue weighted by molar-refractivity contribution is 6.41. The summed E-state index contributed by atoms with van der Waals surface area (Å²) in [4.78, 5) is 44.0. The van der Waals surface area contributed by atoms with Crippen molar-refractivity contribution in [2.75, 3.05) is 12.4 Å². The summed E-state index contributed by atoms with van der Waals surface area (Å²) in [5.41, 5.74) is 0.836. The number of ether oxygens (including phenoxy) is 1. The summed E-state index contributed by atoms with van der Waals surface area (Å²) in [6.45, 7) is 1.56. The number of anilines is 1. The lowest BCUT2D eigenvalue weighted by atomic mass is 9.94. The van der Waals surface area contributed by atoms with Crippen molar-refractivity contribution in [3.63, 3.8) is 0 Å². The number of amides is 2. The number of hydrogen-bond donors (Lipinski definition) is 2. The molecule has 1 unspecified atom stereocenters. The third kappa shape index (κ3) is 6.53. The number of hydrogen-bond acceptors (Lipinski definition) is 6. The van der Waals surface area contributed by atoms with Crippen LogP contribution >= 0.6 is 46.4 Å². The fraction of sp³-hybridized carbons (Fsp3) is 0.214. The van der Waals surface area contributed by atoms with E-state index in [0.29, 0.717) is 32.6 Å². The van der Waals surface area contributed by atoms with Gasteiger partial charge in [-0.2, -0.15) is 0 Å². The fourth-order valence-electron chi connectivity index (χ4n) is 4.08. The van der Waals surface area contributed by atoms with Gasteiger partial charge in [0.15, 0.2) is 0 Å². The van der Waals surface area contributed by atoms with Crippen molar-refractivity contribution in [2.24, 2.45) is 5.16 Å². The molecule has 208 valence electrons. The third-order valence-electron chi connectivity index (χ3n) is 6.23. The molecule has 2 atom stereocenters. The molecule has 0 radical (unpaired) electrons. The predicted octanol–water partition coefficient (Wildman–Crippen LogP) is 6.34. The molecule has 8 nitrogen and oxygen atoms in total. The van der Waals surface area contributed by atoms with Gasteiger partial charge in [0.05, 0.1) is 38.5 Å². The van der Waals surface area contributed by atoms with E-state index in [0.717, 1.165) is 0 Å². The number of carbonyl (C=O) groups is 3. The standard InChI is InChI=1S/C28H23Cl4N3O5/c1-28(14-22(35-40-28)23-17(29)5-3-6-18(23)30)27(38)34-21(26(37)39-2)13-15-9-11-16(12-10-15)33-25(36)24-19(31)7-4-8-20(24)32/h3-12,21H,13-14H2,1-2H3,(H,33,36)(H,34,38)/t21-,28?/m0/s1. The Hall–Kier alpha value is -3.30. The minimum Gasteiger partial charge on any atom is -0.467 e. The lowest BCUT2D eigenvalue weighted by Crippen LogP contribution is -2.52. The molecule has 0 saturated heterocycles. The van der Waals surface area contributed by atoms with E-state index in [2.05, 4.69) is 15.8 Å². The van der Waals surface area contributed by atoms with E-state index in [1.54, 1.807) is 67.6 Å². The first-order valence-electron chi connectivity index (χ1n) is 11.9. The van der Waals surface area contributed by atoms with Gasteiger partial charge in [-0.15, -0.1) is 0 Å². The van der Waals surface area contributed by atoms with E-state index in [1.165, 1.54) is 7.11 Å². The van der Waals surface area contributed by atoms with Crippen LogP contribution in [-0.2, 0) is 25.6 Å². The molecule has 1 aliphatic heterocycles. The lowest BCUT2D eigenvalue weighted by molar-refractivity contribution is -0.150. The van der Waals surface area contributed by atoms with Gasteiger partial charge >= 0.3 is 5.97 Å². The Morgan fingerprint density at radius 1 is 0.950 bits per heavy atom. The first-order valence-corrected chi connectivity index (χ1v) is 13.5. The van der Waals surface area contributed by atoms with Crippen molar-refractivity contribution in [2.45, 2.75) is 31.4 Å². The number of nitrogens with zero attached hydrogens (tertiary/aromatic N) is 1. The van der Waals surface area contributed by atoms with Gasteiger partial charge in [-0.25, -0.2) is 4.79 Å². The van der Waals surface area contributed by atoms with E-state index < -0.39 is 29.4 Å². The molecule has 3 aromatic carbocycles. The molecule has 1 aliphatic rings. The first kappa shape index (κ1) is 29.7. The topological polar surface area (TPSA) is 106 Å². The van der Waals surface area contributed by atoms with Gasteiger partial charge in [0, 0.05) is 24.1 Å². The molecule has 12 heteroatoms. The highest BCUT2D eigenvalue weighted by Gasteiger charge is 2.44. The van der Waals surface area contributed by atoms with Crippen LogP contribution < -0.4 is 10.6 Å². The number of benzene rings is 3. The largest absolute Gasteiger partial charge is 0.467 e. The van der Waals surface area contributed by atoms with Crippen molar-refractivity contribution in [1.82, 2.24) is 5.32 Å². The monoisotopic (exact) mass is 621 g/mol. The van der Waals surface area contributed by atoms with Crippen LogP contribution in [0.15, 0.2) is 65.8 Å². The van der Waals surface area contributed by atoms with E-state index >= 15 is 0 Å². The summed E-state index contributed by atoms with van der Waals surface area (Å²) in [5.74, 6) is -1.67. The molecule has 3 aromatic rings. The Kier molecular flexibility index (Phi) is 9.26. The molecule has 0 fully saturated rings. The number of rotatable bonds is 8. The molecule has 2 N–H and O–H groups in total. The summed E-state index contributed by atoms with van der Waals surface area (Å²) in [6.07, 6.45) is 0.198. The van der Waals surface area contributed by atoms with Crippen molar-refractivity contribution in [3.05, 3.63) is 97.4 Å². The maximum absolute atomic E-state index is 13.2. The van der Waals surface area contributed by atoms with Gasteiger partial charge in [0.2, 0.25) is 5.60 Å². The average Bonchev–Trinajstić information content (AvgIpc) is 3.31. The fourth-order valence-corrected chi connectivity index (χ4v) is 5.27. The molecule has 1 heterocycles. The van der Waals surface area contributed by atoms with E-state index in [-0.39, 0.29) is 28.5 Å². The Balaban J connectivity index is 1.43. The van der Waals surface area contributed by atoms with Gasteiger partial charge in [0.25, 0.3) is 11.8 Å². The zero-order chi connectivity index (χ0) is 29.0. The molecule has 0 saturated carbocycles. The Morgan fingerprint density at radius 3 is 2.10 bits per heavy atom. The molecule has 0 aliphatic carbocycles. The molecule has 0 bridgehead atoms. The number of halogens is 4. The van der Waals surface area contributed by atoms with E-state index in [1.807, 2.05) is 0 Å². The smallest absolute Gasteiger partial charge is 0.328 e. The zero-order valence-electron chi connectivity index (χ0n) is 21.3. The van der Waals surface area contributed by atoms with Crippen LogP contribution in [0.2, 0.25) is 20.1 Å². The molecule has 2 amide bonds. The summed E-state index contributed by atoms with van der Waals surface area (Å²) in [7, 11) is 1.23. The predicted molar refractivity (Wildman–Crippen MR) is 156 cm³/mol. The molecule has 0 spiro atoms. The van der Waals surface area contributed by atoms with Gasteiger partial charge in [-0.05, 0) is 48.9 Å². The molecular weight excluding hydrogens is 600 g/mol. The number of methoxy groups -OCH3 is 1. The van der Waals surface area contributed by atoms with Crippen molar-refractivity contribution in [1.29, 1.82) is 0 Å². The van der Waals surface area contributed by atoms with E-state index in [4.69, 9.17) is 56.0 Å². The third-order valence-corrected chi connectivity index (χ3v) is 7.49. The normalized spacial score (nSPS) is 16.9. The Labute approximate surface area is 250 Å². The summed E-state index contributed by atoms with van der Waals surface area (Å²) < 4.78 is 4.91. The van der Waals surface area contributed by atoms with Crippen LogP contribution in [0.3, 0.4) is 0 Å². The minimum atomic E-state index is -1.40. The van der Waals surface area contributed by atoms with Gasteiger partial charge in [-0.3, -0.25) is 9.59 Å². The Morgan fingerprint density at radius 2 is 1.52 bits per heavy atom. The zero-order valence-corrected chi connectivity index (χ0v) is 24.3. The summed E-state index contributed by atoms with van der Waals surface area (Å²) >= 11 is 24.8. The Bertz CT molecular complexity index is 1460. The molecule has 40 heavy (non-hydrogen) atoms. The minimum absolute atomic E-state index is 0.0834. The second-order valence-electron chi connectivity index (χ2n) is 9.13. The SMILES string of the molecule is COC(=O)[C@H](Cc1ccc(NC(=O)c2c(Cl)cccc2Cl)cc1)NC(=O)C1(C)CC(c2c(Cl)cccc2Cl)=NO1. The van der Waals surface area contributed by atoms with Crippen LogP contribution in [0.1, 0.15) is 34.8 Å². The first-order chi connectivity index (χ1) is 19.0. The highest BCUT2D eigenvalue weighted by Crippen LogP contribution is 2.33. The average molecular weight is 623 g/mol. The van der Waals surface area contributed by atoms with Crippen LogP contribution in [0.5, 0.6) is 0 Å². The maximum Gasteiger partial charge on any atom is 0.328 e. The van der Waals surface area contributed by atoms with E-state index in [9.17, 15) is 14.4 Å².